The number of carboxylic acids is 1. The van der Waals surface area contributed by atoms with Crippen LogP contribution in [0, 0.1) is 0 Å². The van der Waals surface area contributed by atoms with Crippen molar-refractivity contribution in [3.63, 3.8) is 0 Å². The molecule has 0 bridgehead atoms. The molecule has 0 aliphatic carbocycles. The number of thioether (sulfide) groups is 2. The maximum absolute atomic E-state index is 10.7. The Kier molecular flexibility index (Phi) is 9.33. The zero-order valence-electron chi connectivity index (χ0n) is 13.5. The van der Waals surface area contributed by atoms with Crippen LogP contribution in [0.1, 0.15) is 19.4 Å². The van der Waals surface area contributed by atoms with Gasteiger partial charge in [0, 0.05) is 9.99 Å². The van der Waals surface area contributed by atoms with E-state index in [0.717, 1.165) is 27.1 Å². The van der Waals surface area contributed by atoms with Gasteiger partial charge in [0.25, 0.3) is 0 Å². The van der Waals surface area contributed by atoms with E-state index in [1.807, 2.05) is 36.9 Å². The van der Waals surface area contributed by atoms with Gasteiger partial charge in [-0.3, -0.25) is 4.79 Å². The van der Waals surface area contributed by atoms with Gasteiger partial charge in [-0.2, -0.15) is 11.8 Å². The monoisotopic (exact) mass is 350 g/mol. The minimum absolute atomic E-state index is 0.0173. The van der Waals surface area contributed by atoms with E-state index >= 15 is 0 Å². The van der Waals surface area contributed by atoms with Crippen LogP contribution < -0.4 is 4.74 Å². The fraction of sp³-hybridized carbons (Fsp3) is 0.278. The number of benzene rings is 1. The summed E-state index contributed by atoms with van der Waals surface area (Å²) in [4.78, 5) is 11.7. The molecule has 1 aromatic rings. The lowest BCUT2D eigenvalue weighted by molar-refractivity contribution is -0.136. The molecule has 0 aliphatic rings. The minimum Gasteiger partial charge on any atom is -0.481 e. The molecule has 1 aromatic carbocycles. The third-order valence-electron chi connectivity index (χ3n) is 2.76. The molecule has 3 nitrogen and oxygen atoms in total. The summed E-state index contributed by atoms with van der Waals surface area (Å²) in [6.45, 7) is 8.04. The third-order valence-corrected chi connectivity index (χ3v) is 4.82. The van der Waals surface area contributed by atoms with Gasteiger partial charge in [0.2, 0.25) is 0 Å². The Morgan fingerprint density at radius 3 is 2.57 bits per heavy atom. The van der Waals surface area contributed by atoms with Crippen LogP contribution in [0.2, 0.25) is 0 Å². The fourth-order valence-corrected chi connectivity index (χ4v) is 3.37. The van der Waals surface area contributed by atoms with Crippen molar-refractivity contribution < 1.29 is 14.6 Å². The number of aliphatic carboxylic acids is 1. The first-order valence-electron chi connectivity index (χ1n) is 7.27. The highest BCUT2D eigenvalue weighted by atomic mass is 32.2. The lowest BCUT2D eigenvalue weighted by Gasteiger charge is -2.07. The summed E-state index contributed by atoms with van der Waals surface area (Å²) in [5.41, 5.74) is 0.751. The molecule has 5 heteroatoms. The summed E-state index contributed by atoms with van der Waals surface area (Å²) in [5, 5.41) is 9.75. The van der Waals surface area contributed by atoms with E-state index in [0.29, 0.717) is 5.75 Å². The van der Waals surface area contributed by atoms with E-state index in [1.165, 1.54) is 0 Å². The van der Waals surface area contributed by atoms with Gasteiger partial charge in [-0.1, -0.05) is 25.6 Å². The Labute approximate surface area is 146 Å². The zero-order chi connectivity index (χ0) is 17.1. The van der Waals surface area contributed by atoms with Crippen LogP contribution in [0.15, 0.2) is 59.7 Å². The Bertz CT molecular complexity index is 574. The van der Waals surface area contributed by atoms with Crippen LogP contribution in [-0.4, -0.2) is 21.9 Å². The maximum atomic E-state index is 10.7. The molecule has 124 valence electrons. The van der Waals surface area contributed by atoms with Gasteiger partial charge < -0.3 is 9.84 Å². The summed E-state index contributed by atoms with van der Waals surface area (Å²) in [6, 6.07) is 7.07. The second kappa shape index (κ2) is 11.0. The molecule has 0 amide bonds. The van der Waals surface area contributed by atoms with E-state index in [9.17, 15) is 4.79 Å². The van der Waals surface area contributed by atoms with Crippen molar-refractivity contribution >= 4 is 29.5 Å². The SMILES string of the molecule is C=C(/C=C\C(=C/C)Oc1ccc(CC(=O)O)cc1)SCSCC. The van der Waals surface area contributed by atoms with Crippen molar-refractivity contribution in [2.75, 3.05) is 10.8 Å². The molecule has 0 atom stereocenters. The molecule has 1 rings (SSSR count). The first-order valence-corrected chi connectivity index (χ1v) is 9.41. The van der Waals surface area contributed by atoms with Crippen LogP contribution in [-0.2, 0) is 11.2 Å². The Morgan fingerprint density at radius 1 is 1.30 bits per heavy atom. The molecule has 0 saturated carbocycles. The predicted octanol–water partition coefficient (Wildman–Crippen LogP) is 5.11. The first kappa shape index (κ1) is 19.5. The van der Waals surface area contributed by atoms with E-state index in [1.54, 1.807) is 36.0 Å². The highest BCUT2D eigenvalue weighted by Crippen LogP contribution is 2.22. The van der Waals surface area contributed by atoms with Crippen LogP contribution in [0.4, 0.5) is 0 Å². The summed E-state index contributed by atoms with van der Waals surface area (Å²) >= 11 is 3.58. The smallest absolute Gasteiger partial charge is 0.307 e. The van der Waals surface area contributed by atoms with Crippen molar-refractivity contribution in [2.45, 2.75) is 20.3 Å². The minimum atomic E-state index is -0.840. The quantitative estimate of drug-likeness (QED) is 0.275. The Morgan fingerprint density at radius 2 is 2.00 bits per heavy atom. The van der Waals surface area contributed by atoms with Crippen molar-refractivity contribution in [1.82, 2.24) is 0 Å². The van der Waals surface area contributed by atoms with Crippen molar-refractivity contribution in [1.29, 1.82) is 0 Å². The van der Waals surface area contributed by atoms with Crippen LogP contribution in [0.3, 0.4) is 0 Å². The van der Waals surface area contributed by atoms with Crippen LogP contribution in [0.25, 0.3) is 0 Å². The number of hydrogen-bond donors (Lipinski definition) is 1. The maximum Gasteiger partial charge on any atom is 0.307 e. The van der Waals surface area contributed by atoms with Gasteiger partial charge in [-0.05, 0) is 48.6 Å². The Hall–Kier alpha value is -1.59. The molecule has 0 aliphatic heterocycles. The van der Waals surface area contributed by atoms with E-state index in [2.05, 4.69) is 13.5 Å². The van der Waals surface area contributed by atoms with Gasteiger partial charge in [-0.25, -0.2) is 0 Å². The number of allylic oxidation sites excluding steroid dienone is 3. The lowest BCUT2D eigenvalue weighted by atomic mass is 10.1. The number of rotatable bonds is 10. The predicted molar refractivity (Wildman–Crippen MR) is 101 cm³/mol. The van der Waals surface area contributed by atoms with Gasteiger partial charge in [0.05, 0.1) is 6.42 Å². The number of carbonyl (C=O) groups is 1. The average molecular weight is 351 g/mol. The molecule has 0 fully saturated rings. The average Bonchev–Trinajstić information content (AvgIpc) is 2.52. The van der Waals surface area contributed by atoms with Crippen LogP contribution >= 0.6 is 23.5 Å². The molecule has 23 heavy (non-hydrogen) atoms. The van der Waals surface area contributed by atoms with Crippen LogP contribution in [0.5, 0.6) is 5.75 Å². The summed E-state index contributed by atoms with van der Waals surface area (Å²) in [5.74, 6) is 1.66. The summed E-state index contributed by atoms with van der Waals surface area (Å²) in [7, 11) is 0. The van der Waals surface area contributed by atoms with Crippen molar-refractivity contribution in [3.8, 4) is 5.75 Å². The highest BCUT2D eigenvalue weighted by Gasteiger charge is 2.02. The number of carboxylic acid groups (broad SMARTS) is 1. The topological polar surface area (TPSA) is 46.5 Å². The normalized spacial score (nSPS) is 11.7. The van der Waals surface area contributed by atoms with Crippen molar-refractivity contribution in [3.05, 3.63) is 65.3 Å². The molecular formula is C18H22O3S2. The fourth-order valence-electron chi connectivity index (χ4n) is 1.60. The van der Waals surface area contributed by atoms with Crippen molar-refractivity contribution in [2.24, 2.45) is 0 Å². The van der Waals surface area contributed by atoms with Gasteiger partial charge in [-0.15, -0.1) is 11.8 Å². The van der Waals surface area contributed by atoms with E-state index in [-0.39, 0.29) is 6.42 Å². The summed E-state index contributed by atoms with van der Waals surface area (Å²) in [6.07, 6.45) is 5.72. The molecule has 0 unspecified atom stereocenters. The number of ether oxygens (including phenoxy) is 1. The van der Waals surface area contributed by atoms with E-state index < -0.39 is 5.97 Å². The molecule has 0 spiro atoms. The van der Waals surface area contributed by atoms with E-state index in [4.69, 9.17) is 9.84 Å². The summed E-state index contributed by atoms with van der Waals surface area (Å²) < 4.78 is 5.77. The molecule has 0 saturated heterocycles. The molecule has 1 N–H and O–H groups in total. The van der Waals surface area contributed by atoms with Gasteiger partial charge in [0.1, 0.15) is 11.5 Å². The second-order valence-corrected chi connectivity index (χ2v) is 7.30. The van der Waals surface area contributed by atoms with Gasteiger partial charge >= 0.3 is 5.97 Å². The highest BCUT2D eigenvalue weighted by molar-refractivity contribution is 8.17. The second-order valence-electron chi connectivity index (χ2n) is 4.56. The molecule has 0 heterocycles. The molecule has 0 radical (unpaired) electrons. The standard InChI is InChI=1S/C18H22O3S2/c1-4-16(9-6-14(3)23-13-22-5-2)21-17-10-7-15(8-11-17)12-18(19)20/h4,6-11H,3,5,12-13H2,1-2H3,(H,19,20)/b9-6-,16-4+. The number of hydrogen-bond acceptors (Lipinski definition) is 4. The third kappa shape index (κ3) is 8.57. The first-order chi connectivity index (χ1) is 11.0. The zero-order valence-corrected chi connectivity index (χ0v) is 15.1. The molecular weight excluding hydrogens is 328 g/mol. The Balaban J connectivity index is 2.56. The lowest BCUT2D eigenvalue weighted by Crippen LogP contribution is -1.99. The van der Waals surface area contributed by atoms with Gasteiger partial charge in [0.15, 0.2) is 0 Å². The molecule has 0 aromatic heterocycles. The largest absolute Gasteiger partial charge is 0.481 e.